The molecular weight excluding hydrogens is 725 g/mol. The number of nitrogens with zero attached hydrogens (tertiary/aromatic N) is 2. The van der Waals surface area contributed by atoms with Gasteiger partial charge in [-0.3, -0.25) is 0 Å². The first kappa shape index (κ1) is 29.3. The maximum atomic E-state index is 8.60. The molecule has 0 fully saturated rings. The number of rotatable bonds is 4. The first-order valence-electron chi connectivity index (χ1n) is 15.9. The normalized spacial score (nSPS) is 12.0. The van der Waals surface area contributed by atoms with Crippen LogP contribution in [0.5, 0.6) is 0 Å². The van der Waals surface area contributed by atoms with Crippen molar-refractivity contribution in [2.45, 2.75) is 34.1 Å². The van der Waals surface area contributed by atoms with Crippen LogP contribution in [-0.2, 0) is 26.5 Å². The molecule has 2 heterocycles. The summed E-state index contributed by atoms with van der Waals surface area (Å²) in [6.07, 6.45) is 2.09. The fourth-order valence-corrected chi connectivity index (χ4v) is 5.31. The molecule has 0 N–H and O–H groups in total. The maximum absolute atomic E-state index is 8.60. The van der Waals surface area contributed by atoms with E-state index in [1.165, 1.54) is 32.7 Å². The Hall–Kier alpha value is -4.43. The zero-order chi connectivity index (χ0) is 32.3. The Morgan fingerprint density at radius 1 is 0.689 bits per heavy atom. The average Bonchev–Trinajstić information content (AvgIpc) is 3.08. The van der Waals surface area contributed by atoms with Crippen LogP contribution >= 0.6 is 0 Å². The first-order chi connectivity index (χ1) is 22.1. The van der Waals surface area contributed by atoms with Crippen LogP contribution in [0.25, 0.3) is 55.2 Å². The Kier molecular flexibility index (Phi) is 9.19. The Labute approximate surface area is 283 Å². The van der Waals surface area contributed by atoms with E-state index in [1.807, 2.05) is 82.4 Å². The molecule has 0 aliphatic heterocycles. The fraction of sp³-hybridized carbons (Fsp3) is 0.143. The smallest absolute Gasteiger partial charge is 0.0321 e. The van der Waals surface area contributed by atoms with Gasteiger partial charge in [-0.2, -0.15) is 0 Å². The van der Waals surface area contributed by atoms with Crippen LogP contribution in [0.15, 0.2) is 134 Å². The van der Waals surface area contributed by atoms with Gasteiger partial charge in [0.05, 0.1) is 0 Å². The van der Waals surface area contributed by atoms with Gasteiger partial charge in [-0.1, -0.05) is 110 Å². The third-order valence-electron chi connectivity index (χ3n) is 7.34. The molecule has 0 aliphatic rings. The Morgan fingerprint density at radius 3 is 2.11 bits per heavy atom. The second kappa shape index (κ2) is 14.1. The van der Waals surface area contributed by atoms with Gasteiger partial charge in [0.25, 0.3) is 0 Å². The van der Waals surface area contributed by atoms with Gasteiger partial charge < -0.3 is 9.97 Å². The van der Waals surface area contributed by atoms with Gasteiger partial charge in [0, 0.05) is 35.2 Å². The predicted octanol–water partition coefficient (Wildman–Crippen LogP) is 11.0. The van der Waals surface area contributed by atoms with Crippen LogP contribution in [0.2, 0.25) is 0 Å². The van der Waals surface area contributed by atoms with Crippen molar-refractivity contribution in [3.05, 3.63) is 157 Å². The van der Waals surface area contributed by atoms with Crippen LogP contribution < -0.4 is 0 Å². The standard InChI is InChI=1S/C30H26N.C12H10N.Ir/c1-30(2,3)20-21-16-17-31-29(18-21)23-14-12-22(13-15-23)28-19-24-8-4-5-9-25(24)26-10-6-7-11-27(26)28;1-10-7-8-12(13-9-10)11-5-3-2-4-6-11;/h4-14,16-19H,20H2,1-3H3;2-5,7-9H,1H3;/q2*-1;/i20D2;;. The third-order valence-corrected chi connectivity index (χ3v) is 7.34. The zero-order valence-corrected chi connectivity index (χ0v) is 28.3. The molecule has 0 atom stereocenters. The summed E-state index contributed by atoms with van der Waals surface area (Å²) in [4.78, 5) is 8.82. The fourth-order valence-electron chi connectivity index (χ4n) is 5.31. The molecule has 0 bridgehead atoms. The Morgan fingerprint density at radius 2 is 1.42 bits per heavy atom. The molecule has 3 heteroatoms. The monoisotopic (exact) mass is 763 g/mol. The molecule has 0 aliphatic carbocycles. The number of pyridine rings is 2. The van der Waals surface area contributed by atoms with Gasteiger partial charge in [-0.05, 0) is 63.3 Å². The SMILES string of the molecule is Cc1ccc(-c2[c-]cccc2)nc1.[2H]C([2H])(c1ccnc(-c2[c-]cc(-c3cc4ccccc4c4ccccc34)cc2)c1)C(C)(C)C.[Ir]. The van der Waals surface area contributed by atoms with Crippen LogP contribution in [-0.4, -0.2) is 9.97 Å². The topological polar surface area (TPSA) is 25.8 Å². The van der Waals surface area contributed by atoms with Crippen molar-refractivity contribution in [3.8, 4) is 33.6 Å². The number of aryl methyl sites for hydroxylation is 1. The van der Waals surface area contributed by atoms with Crippen LogP contribution in [0.1, 0.15) is 34.6 Å². The molecule has 7 aromatic rings. The molecule has 2 aromatic heterocycles. The summed E-state index contributed by atoms with van der Waals surface area (Å²) in [6.45, 7) is 7.79. The van der Waals surface area contributed by atoms with E-state index in [0.717, 1.165) is 28.1 Å². The molecule has 0 spiro atoms. The molecule has 1 radical (unpaired) electrons. The van der Waals surface area contributed by atoms with Gasteiger partial charge in [0.15, 0.2) is 0 Å². The average molecular weight is 763 g/mol. The minimum Gasteiger partial charge on any atom is -0.305 e. The summed E-state index contributed by atoms with van der Waals surface area (Å²) < 4.78 is 17.2. The summed E-state index contributed by atoms with van der Waals surface area (Å²) in [5, 5.41) is 4.94. The van der Waals surface area contributed by atoms with E-state index < -0.39 is 11.8 Å². The molecule has 7 rings (SSSR count). The van der Waals surface area contributed by atoms with Gasteiger partial charge in [-0.15, -0.1) is 65.7 Å². The van der Waals surface area contributed by atoms with Gasteiger partial charge in [0.1, 0.15) is 0 Å². The van der Waals surface area contributed by atoms with Crippen LogP contribution in [0.4, 0.5) is 0 Å². The van der Waals surface area contributed by atoms with Gasteiger partial charge >= 0.3 is 0 Å². The molecule has 2 nitrogen and oxygen atoms in total. The summed E-state index contributed by atoms with van der Waals surface area (Å²) in [6, 6.07) is 47.5. The van der Waals surface area contributed by atoms with Crippen LogP contribution in [0.3, 0.4) is 0 Å². The number of benzene rings is 5. The Bertz CT molecular complexity index is 2100. The minimum absolute atomic E-state index is 0. The Balaban J connectivity index is 0.000000260. The molecule has 0 amide bonds. The molecule has 0 saturated heterocycles. The van der Waals surface area contributed by atoms with Crippen molar-refractivity contribution < 1.29 is 22.8 Å². The zero-order valence-electron chi connectivity index (χ0n) is 27.9. The number of hydrogen-bond donors (Lipinski definition) is 0. The first-order valence-corrected chi connectivity index (χ1v) is 14.9. The maximum Gasteiger partial charge on any atom is 0.0321 e. The summed E-state index contributed by atoms with van der Waals surface area (Å²) in [5.41, 5.74) is 7.19. The van der Waals surface area contributed by atoms with E-state index in [9.17, 15) is 0 Å². The predicted molar refractivity (Wildman–Crippen MR) is 185 cm³/mol. The minimum atomic E-state index is -1.46. The molecular formula is C42H36IrN2-2. The summed E-state index contributed by atoms with van der Waals surface area (Å²) in [5.74, 6) is 0. The molecule has 5 aromatic carbocycles. The van der Waals surface area contributed by atoms with Crippen molar-refractivity contribution in [2.75, 3.05) is 0 Å². The number of fused-ring (bicyclic) bond motifs is 3. The summed E-state index contributed by atoms with van der Waals surface area (Å²) in [7, 11) is 0. The van der Waals surface area contributed by atoms with Crippen LogP contribution in [0, 0.1) is 24.5 Å². The molecule has 0 saturated carbocycles. The van der Waals surface area contributed by atoms with Gasteiger partial charge in [-0.25, -0.2) is 0 Å². The second-order valence-electron chi connectivity index (χ2n) is 12.0. The van der Waals surface area contributed by atoms with Crippen molar-refractivity contribution in [1.82, 2.24) is 9.97 Å². The molecule has 45 heavy (non-hydrogen) atoms. The second-order valence-corrected chi connectivity index (χ2v) is 12.0. The van der Waals surface area contributed by atoms with E-state index in [0.29, 0.717) is 5.56 Å². The van der Waals surface area contributed by atoms with E-state index in [-0.39, 0.29) is 20.1 Å². The third kappa shape index (κ3) is 7.81. The molecule has 0 unspecified atom stereocenters. The number of aromatic nitrogens is 2. The molecule has 225 valence electrons. The van der Waals surface area contributed by atoms with E-state index in [4.69, 9.17) is 2.74 Å². The van der Waals surface area contributed by atoms with Crippen molar-refractivity contribution in [1.29, 1.82) is 0 Å². The van der Waals surface area contributed by atoms with Crippen molar-refractivity contribution in [2.24, 2.45) is 5.41 Å². The van der Waals surface area contributed by atoms with Gasteiger partial charge in [0.2, 0.25) is 0 Å². The summed E-state index contributed by atoms with van der Waals surface area (Å²) >= 11 is 0. The van der Waals surface area contributed by atoms with Crippen molar-refractivity contribution in [3.63, 3.8) is 0 Å². The van der Waals surface area contributed by atoms with E-state index >= 15 is 0 Å². The quantitative estimate of drug-likeness (QED) is 0.132. The van der Waals surface area contributed by atoms with Crippen molar-refractivity contribution >= 4 is 21.5 Å². The van der Waals surface area contributed by atoms with E-state index in [2.05, 4.69) is 88.8 Å². The van der Waals surface area contributed by atoms with E-state index in [1.54, 1.807) is 12.3 Å². The largest absolute Gasteiger partial charge is 0.305 e. The number of hydrogen-bond acceptors (Lipinski definition) is 2.